The van der Waals surface area contributed by atoms with Gasteiger partial charge in [-0.15, -0.1) is 0 Å². The van der Waals surface area contributed by atoms with Crippen molar-refractivity contribution in [2.24, 2.45) is 0 Å². The van der Waals surface area contributed by atoms with Crippen LogP contribution in [-0.4, -0.2) is 50.0 Å². The number of rotatable bonds is 3. The second kappa shape index (κ2) is 5.81. The van der Waals surface area contributed by atoms with Gasteiger partial charge in [-0.2, -0.15) is 0 Å². The summed E-state index contributed by atoms with van der Waals surface area (Å²) in [6.45, 7) is 0.380. The van der Waals surface area contributed by atoms with Gasteiger partial charge in [0.1, 0.15) is 0 Å². The predicted molar refractivity (Wildman–Crippen MR) is 67.0 cm³/mol. The summed E-state index contributed by atoms with van der Waals surface area (Å²) in [5, 5.41) is 9.06. The molecule has 102 valence electrons. The maximum Gasteiger partial charge on any atom is 0.337 e. The lowest BCUT2D eigenvalue weighted by molar-refractivity contribution is -0.136. The molecular formula is C13H15NO5. The molecule has 0 spiro atoms. The molecule has 2 rings (SSSR count). The highest BCUT2D eigenvalue weighted by atomic mass is 16.5. The first-order chi connectivity index (χ1) is 9.17. The van der Waals surface area contributed by atoms with Crippen LogP contribution in [0.5, 0.6) is 0 Å². The van der Waals surface area contributed by atoms with Gasteiger partial charge in [0.05, 0.1) is 25.9 Å². The van der Waals surface area contributed by atoms with Gasteiger partial charge in [-0.25, -0.2) is 4.79 Å². The molecule has 19 heavy (non-hydrogen) atoms. The summed E-state index contributed by atoms with van der Waals surface area (Å²) >= 11 is 0. The number of hydrogen-bond donors (Lipinski definition) is 1. The Kier molecular flexibility index (Phi) is 4.13. The fourth-order valence-electron chi connectivity index (χ4n) is 1.95. The fourth-order valence-corrected chi connectivity index (χ4v) is 1.95. The van der Waals surface area contributed by atoms with Gasteiger partial charge in [0, 0.05) is 12.2 Å². The highest BCUT2D eigenvalue weighted by Gasteiger charge is 2.30. The Balaban J connectivity index is 2.26. The Bertz CT molecular complexity index is 488. The normalized spacial score (nSPS) is 19.4. The average Bonchev–Trinajstić information content (AvgIpc) is 2.46. The van der Waals surface area contributed by atoms with Crippen LogP contribution in [0.4, 0.5) is 5.69 Å². The van der Waals surface area contributed by atoms with Crippen molar-refractivity contribution in [1.29, 1.82) is 0 Å². The summed E-state index contributed by atoms with van der Waals surface area (Å²) in [6, 6.07) is 6.61. The number of carbonyl (C=O) groups is 2. The van der Waals surface area contributed by atoms with Crippen molar-refractivity contribution in [3.63, 3.8) is 0 Å². The minimum Gasteiger partial charge on any atom is -0.465 e. The number of aliphatic hydroxyl groups is 1. The molecule has 0 aliphatic carbocycles. The number of esters is 1. The van der Waals surface area contributed by atoms with Gasteiger partial charge in [-0.05, 0) is 18.2 Å². The van der Waals surface area contributed by atoms with E-state index in [1.54, 1.807) is 24.3 Å². The number of methoxy groups -OCH3 is 1. The van der Waals surface area contributed by atoms with Gasteiger partial charge in [0.2, 0.25) is 0 Å². The van der Waals surface area contributed by atoms with Crippen molar-refractivity contribution in [2.45, 2.75) is 6.10 Å². The van der Waals surface area contributed by atoms with E-state index < -0.39 is 12.1 Å². The van der Waals surface area contributed by atoms with Crippen LogP contribution in [-0.2, 0) is 14.3 Å². The summed E-state index contributed by atoms with van der Waals surface area (Å²) < 4.78 is 9.80. The molecule has 6 nitrogen and oxygen atoms in total. The van der Waals surface area contributed by atoms with Crippen molar-refractivity contribution >= 4 is 17.6 Å². The Hall–Kier alpha value is -1.92. The molecule has 0 aromatic heterocycles. The standard InChI is InChI=1S/C13H15NO5/c1-18-13(17)9-3-2-4-10(7-9)14-5-6-19-11(8-15)12(14)16/h2-4,7,11,15H,5-6,8H2,1H3. The SMILES string of the molecule is COC(=O)c1cccc(N2CCOC(CO)C2=O)c1. The van der Waals surface area contributed by atoms with Gasteiger partial charge in [0.25, 0.3) is 5.91 Å². The number of hydrogen-bond acceptors (Lipinski definition) is 5. The molecule has 6 heteroatoms. The van der Waals surface area contributed by atoms with E-state index in [2.05, 4.69) is 4.74 Å². The molecule has 1 saturated heterocycles. The molecule has 0 radical (unpaired) electrons. The van der Waals surface area contributed by atoms with E-state index in [1.807, 2.05) is 0 Å². The van der Waals surface area contributed by atoms with Gasteiger partial charge in [0.15, 0.2) is 6.10 Å². The van der Waals surface area contributed by atoms with Crippen LogP contribution < -0.4 is 4.90 Å². The van der Waals surface area contributed by atoms with Crippen molar-refractivity contribution in [3.05, 3.63) is 29.8 Å². The minimum atomic E-state index is -0.837. The van der Waals surface area contributed by atoms with E-state index in [0.717, 1.165) is 0 Å². The maximum absolute atomic E-state index is 12.0. The number of morpholine rings is 1. The van der Waals surface area contributed by atoms with E-state index >= 15 is 0 Å². The largest absolute Gasteiger partial charge is 0.465 e. The Labute approximate surface area is 110 Å². The molecule has 1 atom stereocenters. The molecule has 1 aliphatic rings. The Morgan fingerprint density at radius 1 is 1.58 bits per heavy atom. The summed E-state index contributed by atoms with van der Waals surface area (Å²) in [6.07, 6.45) is -0.837. The number of amides is 1. The summed E-state index contributed by atoms with van der Waals surface area (Å²) in [7, 11) is 1.30. The second-order valence-electron chi connectivity index (χ2n) is 4.07. The van der Waals surface area contributed by atoms with E-state index in [1.165, 1.54) is 12.0 Å². The van der Waals surface area contributed by atoms with Crippen LogP contribution >= 0.6 is 0 Å². The molecule has 1 heterocycles. The Morgan fingerprint density at radius 3 is 3.05 bits per heavy atom. The third-order valence-corrected chi connectivity index (χ3v) is 2.92. The maximum atomic E-state index is 12.0. The highest BCUT2D eigenvalue weighted by Crippen LogP contribution is 2.20. The summed E-state index contributed by atoms with van der Waals surface area (Å²) in [5.41, 5.74) is 0.967. The van der Waals surface area contributed by atoms with Crippen LogP contribution in [0.2, 0.25) is 0 Å². The predicted octanol–water partition coefficient (Wildman–Crippen LogP) is 0.197. The van der Waals surface area contributed by atoms with E-state index in [9.17, 15) is 9.59 Å². The molecule has 1 amide bonds. The summed E-state index contributed by atoms with van der Waals surface area (Å²) in [4.78, 5) is 25.0. The third-order valence-electron chi connectivity index (χ3n) is 2.92. The molecule has 1 unspecified atom stereocenters. The lowest BCUT2D eigenvalue weighted by Crippen LogP contribution is -2.49. The molecule has 1 N–H and O–H groups in total. The lowest BCUT2D eigenvalue weighted by Gasteiger charge is -2.31. The van der Waals surface area contributed by atoms with Crippen LogP contribution in [0.15, 0.2) is 24.3 Å². The monoisotopic (exact) mass is 265 g/mol. The number of anilines is 1. The number of carbonyl (C=O) groups excluding carboxylic acids is 2. The van der Waals surface area contributed by atoms with Crippen molar-refractivity contribution in [3.8, 4) is 0 Å². The molecule has 1 aromatic carbocycles. The Morgan fingerprint density at radius 2 is 2.37 bits per heavy atom. The molecule has 1 fully saturated rings. The molecule has 0 bridgehead atoms. The number of benzene rings is 1. The second-order valence-corrected chi connectivity index (χ2v) is 4.07. The van der Waals surface area contributed by atoms with E-state index in [4.69, 9.17) is 9.84 Å². The van der Waals surface area contributed by atoms with Gasteiger partial charge < -0.3 is 19.5 Å². The van der Waals surface area contributed by atoms with Crippen LogP contribution in [0.25, 0.3) is 0 Å². The van der Waals surface area contributed by atoms with E-state index in [-0.39, 0.29) is 12.5 Å². The zero-order valence-electron chi connectivity index (χ0n) is 10.5. The third kappa shape index (κ3) is 2.74. The zero-order valence-corrected chi connectivity index (χ0v) is 10.5. The summed E-state index contributed by atoms with van der Waals surface area (Å²) in [5.74, 6) is -0.767. The quantitative estimate of drug-likeness (QED) is 0.790. The first-order valence-electron chi connectivity index (χ1n) is 5.89. The molecule has 1 aliphatic heterocycles. The number of ether oxygens (including phenoxy) is 2. The minimum absolute atomic E-state index is 0.309. The van der Waals surface area contributed by atoms with Gasteiger partial charge in [-0.3, -0.25) is 4.79 Å². The molecule has 0 saturated carbocycles. The van der Waals surface area contributed by atoms with Crippen molar-refractivity contribution < 1.29 is 24.2 Å². The zero-order chi connectivity index (χ0) is 13.8. The lowest BCUT2D eigenvalue weighted by atomic mass is 10.1. The fraction of sp³-hybridized carbons (Fsp3) is 0.385. The smallest absolute Gasteiger partial charge is 0.337 e. The topological polar surface area (TPSA) is 76.1 Å². The number of nitrogens with zero attached hydrogens (tertiary/aromatic N) is 1. The first kappa shape index (κ1) is 13.5. The van der Waals surface area contributed by atoms with Crippen LogP contribution in [0, 0.1) is 0 Å². The molecular weight excluding hydrogens is 250 g/mol. The number of aliphatic hydroxyl groups excluding tert-OH is 1. The van der Waals surface area contributed by atoms with Crippen molar-refractivity contribution in [1.82, 2.24) is 0 Å². The van der Waals surface area contributed by atoms with Crippen LogP contribution in [0.3, 0.4) is 0 Å². The van der Waals surface area contributed by atoms with Gasteiger partial charge >= 0.3 is 5.97 Å². The first-order valence-corrected chi connectivity index (χ1v) is 5.89. The molecule has 1 aromatic rings. The average molecular weight is 265 g/mol. The van der Waals surface area contributed by atoms with Crippen LogP contribution in [0.1, 0.15) is 10.4 Å². The van der Waals surface area contributed by atoms with E-state index in [0.29, 0.717) is 24.4 Å². The highest BCUT2D eigenvalue weighted by molar-refractivity contribution is 5.98. The van der Waals surface area contributed by atoms with Crippen molar-refractivity contribution in [2.75, 3.05) is 31.8 Å². The van der Waals surface area contributed by atoms with Gasteiger partial charge in [-0.1, -0.05) is 6.07 Å².